The molecule has 0 aromatic heterocycles. The van der Waals surface area contributed by atoms with E-state index in [1.165, 1.54) is 6.08 Å². The second-order valence-electron chi connectivity index (χ2n) is 4.03. The van der Waals surface area contributed by atoms with Gasteiger partial charge in [-0.05, 0) is 24.2 Å². The Balaban J connectivity index is 3.71. The van der Waals surface area contributed by atoms with Gasteiger partial charge in [-0.25, -0.2) is 0 Å². The number of allylic oxidation sites excluding steroid dienone is 3. The molecule has 0 saturated carbocycles. The lowest BCUT2D eigenvalue weighted by Gasteiger charge is -2.07. The molecule has 2 nitrogen and oxygen atoms in total. The predicted octanol–water partition coefficient (Wildman–Crippen LogP) is 2.68. The first-order valence-electron chi connectivity index (χ1n) is 6.25. The smallest absolute Gasteiger partial charge is 0.243 e. The average Bonchev–Trinajstić information content (AvgIpc) is 2.39. The summed E-state index contributed by atoms with van der Waals surface area (Å²) in [7, 11) is 0. The molecule has 0 fully saturated rings. The number of hydrogen-bond acceptors (Lipinski definition) is 1. The first-order valence-corrected chi connectivity index (χ1v) is 6.25. The molecule has 1 amide bonds. The maximum absolute atomic E-state index is 11.4. The Morgan fingerprint density at radius 2 is 2.22 bits per heavy atom. The maximum Gasteiger partial charge on any atom is 0.243 e. The van der Waals surface area contributed by atoms with Gasteiger partial charge in [-0.3, -0.25) is 4.79 Å². The highest BCUT2D eigenvalue weighted by atomic mass is 16.1. The van der Waals surface area contributed by atoms with E-state index in [4.69, 9.17) is 6.42 Å². The Labute approximate surface area is 111 Å². The fourth-order valence-corrected chi connectivity index (χ4v) is 1.06. The quantitative estimate of drug-likeness (QED) is 0.317. The van der Waals surface area contributed by atoms with Crippen LogP contribution in [-0.2, 0) is 4.79 Å². The van der Waals surface area contributed by atoms with E-state index in [1.54, 1.807) is 6.08 Å². The highest BCUT2D eigenvalue weighted by Crippen LogP contribution is 1.97. The molecule has 0 heterocycles. The van der Waals surface area contributed by atoms with Gasteiger partial charge in [-0.15, -0.1) is 6.42 Å². The average molecular weight is 243 g/mol. The molecule has 2 heteroatoms. The second kappa shape index (κ2) is 11.6. The van der Waals surface area contributed by atoms with Crippen LogP contribution in [0.4, 0.5) is 0 Å². The van der Waals surface area contributed by atoms with Crippen LogP contribution in [0.15, 0.2) is 24.3 Å². The zero-order valence-corrected chi connectivity index (χ0v) is 11.2. The van der Waals surface area contributed by atoms with Gasteiger partial charge in [0.05, 0.1) is 0 Å². The molecule has 0 radical (unpaired) electrons. The number of carbonyl (C=O) groups excluding carboxylic acids is 1. The number of unbranched alkanes of at least 4 members (excludes halogenated alkanes) is 1. The molecule has 1 N–H and O–H groups in total. The zero-order chi connectivity index (χ0) is 13.6. The maximum atomic E-state index is 11.4. The molecule has 1 atom stereocenters. The topological polar surface area (TPSA) is 29.1 Å². The van der Waals surface area contributed by atoms with Gasteiger partial charge in [0.2, 0.25) is 5.91 Å². The number of amides is 1. The van der Waals surface area contributed by atoms with Gasteiger partial charge in [0.1, 0.15) is 0 Å². The highest BCUT2D eigenvalue weighted by molar-refractivity contribution is 5.87. The van der Waals surface area contributed by atoms with Crippen LogP contribution < -0.4 is 5.32 Å². The summed E-state index contributed by atoms with van der Waals surface area (Å²) in [5, 5.41) is 2.85. The largest absolute Gasteiger partial charge is 0.352 e. The summed E-state index contributed by atoms with van der Waals surface area (Å²) in [5.74, 6) is 8.12. The monoisotopic (exact) mass is 243 g/mol. The summed E-state index contributed by atoms with van der Waals surface area (Å²) in [5.41, 5.74) is 0. The molecule has 0 aromatic carbocycles. The summed E-state index contributed by atoms with van der Waals surface area (Å²) < 4.78 is 0. The van der Waals surface area contributed by atoms with Gasteiger partial charge >= 0.3 is 0 Å². The van der Waals surface area contributed by atoms with Crippen LogP contribution >= 0.6 is 0 Å². The molecular formula is C16H21NO. The van der Waals surface area contributed by atoms with Crippen molar-refractivity contribution in [2.45, 2.75) is 33.1 Å². The van der Waals surface area contributed by atoms with Gasteiger partial charge in [-0.1, -0.05) is 44.4 Å². The number of hydrogen-bond donors (Lipinski definition) is 1. The number of carbonyl (C=O) groups is 1. The predicted molar refractivity (Wildman–Crippen MR) is 76.6 cm³/mol. The molecule has 0 aliphatic carbocycles. The van der Waals surface area contributed by atoms with Crippen molar-refractivity contribution >= 4 is 5.91 Å². The minimum absolute atomic E-state index is 0.0490. The van der Waals surface area contributed by atoms with Gasteiger partial charge < -0.3 is 5.32 Å². The Morgan fingerprint density at radius 1 is 1.44 bits per heavy atom. The van der Waals surface area contributed by atoms with Gasteiger partial charge in [0.25, 0.3) is 0 Å². The molecule has 0 spiro atoms. The molecule has 0 aliphatic heterocycles. The van der Waals surface area contributed by atoms with E-state index in [9.17, 15) is 4.79 Å². The SMILES string of the molecule is C#CC#CCC/C=C\C=C\C(=O)NC[C@@H](C)CC. The Bertz CT molecular complexity index is 388. The van der Waals surface area contributed by atoms with Crippen LogP contribution in [0.25, 0.3) is 0 Å². The lowest BCUT2D eigenvalue weighted by Crippen LogP contribution is -2.26. The molecule has 96 valence electrons. The van der Waals surface area contributed by atoms with E-state index in [1.807, 2.05) is 12.2 Å². The van der Waals surface area contributed by atoms with Crippen molar-refractivity contribution in [1.29, 1.82) is 0 Å². The van der Waals surface area contributed by atoms with E-state index in [0.717, 1.165) is 25.8 Å². The third-order valence-electron chi connectivity index (χ3n) is 2.41. The van der Waals surface area contributed by atoms with Crippen LogP contribution in [0.1, 0.15) is 33.1 Å². The highest BCUT2D eigenvalue weighted by Gasteiger charge is 1.99. The Kier molecular flexibility index (Phi) is 10.3. The second-order valence-corrected chi connectivity index (χ2v) is 4.03. The molecule has 0 saturated heterocycles. The van der Waals surface area contributed by atoms with E-state index in [0.29, 0.717) is 5.92 Å². The van der Waals surface area contributed by atoms with Crippen molar-refractivity contribution in [3.8, 4) is 24.2 Å². The first kappa shape index (κ1) is 16.1. The van der Waals surface area contributed by atoms with Crippen LogP contribution in [0, 0.1) is 30.1 Å². The number of terminal acetylenes is 1. The summed E-state index contributed by atoms with van der Waals surface area (Å²) in [4.78, 5) is 11.4. The van der Waals surface area contributed by atoms with Crippen LogP contribution in [-0.4, -0.2) is 12.5 Å². The number of nitrogens with one attached hydrogen (secondary N) is 1. The lowest BCUT2D eigenvalue weighted by molar-refractivity contribution is -0.116. The molecular weight excluding hydrogens is 222 g/mol. The molecule has 0 unspecified atom stereocenters. The fraction of sp³-hybridized carbons (Fsp3) is 0.438. The Hall–Kier alpha value is -1.93. The summed E-state index contributed by atoms with van der Waals surface area (Å²) in [6.45, 7) is 4.95. The van der Waals surface area contributed by atoms with Gasteiger partial charge in [0, 0.05) is 19.0 Å². The van der Waals surface area contributed by atoms with Crippen LogP contribution in [0.2, 0.25) is 0 Å². The summed E-state index contributed by atoms with van der Waals surface area (Å²) >= 11 is 0. The van der Waals surface area contributed by atoms with Crippen molar-refractivity contribution in [3.63, 3.8) is 0 Å². The molecule has 18 heavy (non-hydrogen) atoms. The zero-order valence-electron chi connectivity index (χ0n) is 11.2. The normalized spacial score (nSPS) is 11.8. The standard InChI is InChI=1S/C16H21NO/c1-4-6-7-8-9-10-11-12-13-16(18)17-14-15(3)5-2/h1,10-13,15H,5,8-9,14H2,2-3H3,(H,17,18)/b11-10-,13-12+/t15-/m0/s1. The molecule has 0 aliphatic rings. The van der Waals surface area contributed by atoms with E-state index in [2.05, 4.69) is 36.9 Å². The third kappa shape index (κ3) is 10.6. The minimum atomic E-state index is -0.0490. The van der Waals surface area contributed by atoms with E-state index in [-0.39, 0.29) is 5.91 Å². The van der Waals surface area contributed by atoms with Gasteiger partial charge in [-0.2, -0.15) is 0 Å². The van der Waals surface area contributed by atoms with Gasteiger partial charge in [0.15, 0.2) is 0 Å². The summed E-state index contributed by atoms with van der Waals surface area (Å²) in [6, 6.07) is 0. The van der Waals surface area contributed by atoms with Crippen molar-refractivity contribution < 1.29 is 4.79 Å². The number of rotatable bonds is 7. The van der Waals surface area contributed by atoms with Crippen LogP contribution in [0.5, 0.6) is 0 Å². The minimum Gasteiger partial charge on any atom is -0.352 e. The van der Waals surface area contributed by atoms with E-state index < -0.39 is 0 Å². The van der Waals surface area contributed by atoms with Crippen LogP contribution in [0.3, 0.4) is 0 Å². The lowest BCUT2D eigenvalue weighted by atomic mass is 10.1. The Morgan fingerprint density at radius 3 is 2.89 bits per heavy atom. The first-order chi connectivity index (χ1) is 8.70. The van der Waals surface area contributed by atoms with Crippen molar-refractivity contribution in [3.05, 3.63) is 24.3 Å². The molecule has 0 bridgehead atoms. The van der Waals surface area contributed by atoms with Crippen molar-refractivity contribution in [2.24, 2.45) is 5.92 Å². The summed E-state index contributed by atoms with van der Waals surface area (Å²) in [6.07, 6.45) is 14.7. The van der Waals surface area contributed by atoms with Crippen molar-refractivity contribution in [2.75, 3.05) is 6.54 Å². The molecule has 0 aromatic rings. The molecule has 0 rings (SSSR count). The van der Waals surface area contributed by atoms with Crippen molar-refractivity contribution in [1.82, 2.24) is 5.32 Å². The fourth-order valence-electron chi connectivity index (χ4n) is 1.06. The third-order valence-corrected chi connectivity index (χ3v) is 2.41. The van der Waals surface area contributed by atoms with E-state index >= 15 is 0 Å².